The van der Waals surface area contributed by atoms with Gasteiger partial charge in [-0.05, 0) is 35.7 Å². The molecule has 2 aromatic rings. The van der Waals surface area contributed by atoms with Crippen LogP contribution in [0.1, 0.15) is 5.56 Å². The number of carbonyl (C=O) groups is 1. The molecule has 0 aliphatic carbocycles. The Kier molecular flexibility index (Phi) is 2.87. The molecule has 82 valence electrons. The standard InChI is InChI=1S/C11H11N3OS/c1-7-5-13-3-2-9(7)8-4-10(16-6-8)14-11(12)15/h2-6H,1H3,(H3,12,14,15). The van der Waals surface area contributed by atoms with Crippen LogP contribution >= 0.6 is 11.3 Å². The summed E-state index contributed by atoms with van der Waals surface area (Å²) in [6, 6.07) is 3.31. The molecule has 0 atom stereocenters. The molecule has 0 aliphatic rings. The van der Waals surface area contributed by atoms with E-state index in [1.54, 1.807) is 6.20 Å². The van der Waals surface area contributed by atoms with Gasteiger partial charge in [0.25, 0.3) is 0 Å². The highest BCUT2D eigenvalue weighted by atomic mass is 32.1. The molecule has 0 aliphatic heterocycles. The molecule has 0 spiro atoms. The molecule has 2 aromatic heterocycles. The van der Waals surface area contributed by atoms with Gasteiger partial charge in [-0.15, -0.1) is 11.3 Å². The summed E-state index contributed by atoms with van der Waals surface area (Å²) in [7, 11) is 0. The fraction of sp³-hybridized carbons (Fsp3) is 0.0909. The Morgan fingerprint density at radius 2 is 2.38 bits per heavy atom. The van der Waals surface area contributed by atoms with Crippen molar-refractivity contribution in [2.24, 2.45) is 5.73 Å². The van der Waals surface area contributed by atoms with Gasteiger partial charge in [-0.2, -0.15) is 0 Å². The van der Waals surface area contributed by atoms with Crippen molar-refractivity contribution in [3.05, 3.63) is 35.5 Å². The Morgan fingerprint density at radius 1 is 1.56 bits per heavy atom. The number of nitrogens with two attached hydrogens (primary N) is 1. The molecule has 0 radical (unpaired) electrons. The molecule has 2 heterocycles. The predicted molar refractivity (Wildman–Crippen MR) is 65.5 cm³/mol. The second-order valence-corrected chi connectivity index (χ2v) is 4.29. The fourth-order valence-electron chi connectivity index (χ4n) is 1.46. The number of rotatable bonds is 2. The molecule has 3 N–H and O–H groups in total. The number of aryl methyl sites for hydroxylation is 1. The molecular weight excluding hydrogens is 222 g/mol. The lowest BCUT2D eigenvalue weighted by Gasteiger charge is -2.01. The van der Waals surface area contributed by atoms with Gasteiger partial charge in [0, 0.05) is 17.8 Å². The van der Waals surface area contributed by atoms with Crippen LogP contribution < -0.4 is 11.1 Å². The molecular formula is C11H11N3OS. The highest BCUT2D eigenvalue weighted by molar-refractivity contribution is 7.14. The van der Waals surface area contributed by atoms with E-state index in [0.717, 1.165) is 21.7 Å². The van der Waals surface area contributed by atoms with Crippen molar-refractivity contribution in [2.75, 3.05) is 5.32 Å². The maximum Gasteiger partial charge on any atom is 0.317 e. The van der Waals surface area contributed by atoms with E-state index >= 15 is 0 Å². The summed E-state index contributed by atoms with van der Waals surface area (Å²) >= 11 is 1.45. The Balaban J connectivity index is 2.32. The van der Waals surface area contributed by atoms with Crippen molar-refractivity contribution in [2.45, 2.75) is 6.92 Å². The van der Waals surface area contributed by atoms with Gasteiger partial charge in [0.05, 0.1) is 5.00 Å². The Hall–Kier alpha value is -1.88. The van der Waals surface area contributed by atoms with Gasteiger partial charge in [-0.3, -0.25) is 10.3 Å². The van der Waals surface area contributed by atoms with Crippen molar-refractivity contribution < 1.29 is 4.79 Å². The second kappa shape index (κ2) is 4.32. The number of hydrogen-bond acceptors (Lipinski definition) is 3. The number of aromatic nitrogens is 1. The van der Waals surface area contributed by atoms with Crippen molar-refractivity contribution in [1.29, 1.82) is 0 Å². The van der Waals surface area contributed by atoms with Crippen molar-refractivity contribution in [3.63, 3.8) is 0 Å². The minimum Gasteiger partial charge on any atom is -0.351 e. The van der Waals surface area contributed by atoms with Crippen LogP contribution in [0.5, 0.6) is 0 Å². The van der Waals surface area contributed by atoms with E-state index in [2.05, 4.69) is 10.3 Å². The average Bonchev–Trinajstić information content (AvgIpc) is 2.66. The lowest BCUT2D eigenvalue weighted by Crippen LogP contribution is -2.18. The molecule has 2 rings (SSSR count). The topological polar surface area (TPSA) is 68.0 Å². The number of urea groups is 1. The predicted octanol–water partition coefficient (Wildman–Crippen LogP) is 2.61. The summed E-state index contributed by atoms with van der Waals surface area (Å²) in [4.78, 5) is 14.7. The van der Waals surface area contributed by atoms with E-state index < -0.39 is 6.03 Å². The molecule has 0 aromatic carbocycles. The van der Waals surface area contributed by atoms with E-state index in [1.165, 1.54) is 11.3 Å². The number of nitrogens with zero attached hydrogens (tertiary/aromatic N) is 1. The van der Waals surface area contributed by atoms with Crippen LogP contribution in [0.3, 0.4) is 0 Å². The second-order valence-electron chi connectivity index (χ2n) is 3.38. The first-order valence-electron chi connectivity index (χ1n) is 4.73. The van der Waals surface area contributed by atoms with Crippen LogP contribution in [0.2, 0.25) is 0 Å². The van der Waals surface area contributed by atoms with Gasteiger partial charge < -0.3 is 5.73 Å². The van der Waals surface area contributed by atoms with Crippen molar-refractivity contribution in [1.82, 2.24) is 4.98 Å². The number of pyridine rings is 1. The van der Waals surface area contributed by atoms with E-state index in [0.29, 0.717) is 0 Å². The van der Waals surface area contributed by atoms with Gasteiger partial charge in [-0.1, -0.05) is 0 Å². The quantitative estimate of drug-likeness (QED) is 0.837. The molecule has 0 saturated heterocycles. The largest absolute Gasteiger partial charge is 0.351 e. The zero-order chi connectivity index (χ0) is 11.5. The number of hydrogen-bond donors (Lipinski definition) is 2. The smallest absolute Gasteiger partial charge is 0.317 e. The first kappa shape index (κ1) is 10.6. The van der Waals surface area contributed by atoms with E-state index in [9.17, 15) is 4.79 Å². The van der Waals surface area contributed by atoms with Crippen LogP contribution in [0.15, 0.2) is 29.9 Å². The third-order valence-electron chi connectivity index (χ3n) is 2.18. The first-order valence-corrected chi connectivity index (χ1v) is 5.61. The molecule has 0 unspecified atom stereocenters. The summed E-state index contributed by atoms with van der Waals surface area (Å²) in [6.45, 7) is 2.00. The lowest BCUT2D eigenvalue weighted by atomic mass is 10.1. The molecule has 0 saturated carbocycles. The number of carbonyl (C=O) groups excluding carboxylic acids is 1. The first-order chi connectivity index (χ1) is 7.66. The average molecular weight is 233 g/mol. The van der Waals surface area contributed by atoms with Gasteiger partial charge in [-0.25, -0.2) is 4.79 Å². The third-order valence-corrected chi connectivity index (χ3v) is 3.02. The number of nitrogens with one attached hydrogen (secondary N) is 1. The van der Waals surface area contributed by atoms with Crippen LogP contribution in [0, 0.1) is 6.92 Å². The molecule has 16 heavy (non-hydrogen) atoms. The third kappa shape index (κ3) is 2.20. The number of amides is 2. The lowest BCUT2D eigenvalue weighted by molar-refractivity contribution is 0.259. The van der Waals surface area contributed by atoms with Gasteiger partial charge in [0.15, 0.2) is 0 Å². The number of thiophene rings is 1. The zero-order valence-electron chi connectivity index (χ0n) is 8.73. The Bertz CT molecular complexity index is 521. The zero-order valence-corrected chi connectivity index (χ0v) is 9.54. The van der Waals surface area contributed by atoms with E-state index in [1.807, 2.05) is 30.6 Å². The van der Waals surface area contributed by atoms with Crippen LogP contribution in [-0.2, 0) is 0 Å². The van der Waals surface area contributed by atoms with Crippen LogP contribution in [0.25, 0.3) is 11.1 Å². The molecule has 5 heteroatoms. The Morgan fingerprint density at radius 3 is 3.06 bits per heavy atom. The summed E-state index contributed by atoms with van der Waals surface area (Å²) in [5.41, 5.74) is 8.33. The minimum absolute atomic E-state index is 0.542. The normalized spacial score (nSPS) is 10.1. The Labute approximate surface area is 97.1 Å². The number of anilines is 1. The molecule has 2 amide bonds. The highest BCUT2D eigenvalue weighted by Gasteiger charge is 2.05. The van der Waals surface area contributed by atoms with Crippen LogP contribution in [-0.4, -0.2) is 11.0 Å². The number of primary amides is 1. The maximum absolute atomic E-state index is 10.7. The van der Waals surface area contributed by atoms with E-state index in [4.69, 9.17) is 5.73 Å². The van der Waals surface area contributed by atoms with Crippen molar-refractivity contribution in [3.8, 4) is 11.1 Å². The van der Waals surface area contributed by atoms with Gasteiger partial charge >= 0.3 is 6.03 Å². The molecule has 0 bridgehead atoms. The monoisotopic (exact) mass is 233 g/mol. The summed E-state index contributed by atoms with van der Waals surface area (Å²) in [6.07, 6.45) is 3.56. The summed E-state index contributed by atoms with van der Waals surface area (Å²) in [5, 5.41) is 5.28. The summed E-state index contributed by atoms with van der Waals surface area (Å²) < 4.78 is 0. The van der Waals surface area contributed by atoms with Gasteiger partial charge in [0.1, 0.15) is 0 Å². The van der Waals surface area contributed by atoms with Crippen LogP contribution in [0.4, 0.5) is 9.80 Å². The fourth-order valence-corrected chi connectivity index (χ4v) is 2.27. The molecule has 4 nitrogen and oxygen atoms in total. The SMILES string of the molecule is Cc1cnccc1-c1csc(NC(N)=O)c1. The summed E-state index contributed by atoms with van der Waals surface area (Å²) in [5.74, 6) is 0. The highest BCUT2D eigenvalue weighted by Crippen LogP contribution is 2.30. The van der Waals surface area contributed by atoms with E-state index in [-0.39, 0.29) is 0 Å². The minimum atomic E-state index is -0.542. The van der Waals surface area contributed by atoms with Gasteiger partial charge in [0.2, 0.25) is 0 Å². The maximum atomic E-state index is 10.7. The molecule has 0 fully saturated rings. The van der Waals surface area contributed by atoms with Crippen molar-refractivity contribution >= 4 is 22.4 Å².